The van der Waals surface area contributed by atoms with Crippen molar-refractivity contribution in [3.63, 3.8) is 0 Å². The van der Waals surface area contributed by atoms with Crippen LogP contribution in [0.4, 0.5) is 0 Å². The molecule has 0 aromatic carbocycles. The van der Waals surface area contributed by atoms with Crippen LogP contribution in [-0.2, 0) is 13.6 Å². The van der Waals surface area contributed by atoms with Crippen LogP contribution < -0.4 is 0 Å². The van der Waals surface area contributed by atoms with Gasteiger partial charge in [-0.15, -0.1) is 0 Å². The number of fused-ring (bicyclic) bond motifs is 1. The first-order chi connectivity index (χ1) is 10.8. The van der Waals surface area contributed by atoms with Gasteiger partial charge in [0.15, 0.2) is 0 Å². The molecule has 1 aliphatic rings. The molecule has 0 amide bonds. The molecule has 1 saturated heterocycles. The zero-order valence-corrected chi connectivity index (χ0v) is 12.9. The molecular weight excluding hydrogens is 274 g/mol. The van der Waals surface area contributed by atoms with Gasteiger partial charge < -0.3 is 9.55 Å². The van der Waals surface area contributed by atoms with Crippen molar-refractivity contribution in [2.75, 3.05) is 13.1 Å². The standard InChI is InChI=1S/C17H21N5/c1-21-12-18-9-15(21)11-22-7-3-5-14(10-22)16-8-13-4-2-6-19-17(13)20-16/h2,4,6,8-9,12,14H,3,5,7,10-11H2,1H3,(H,19,20). The Bertz CT molecular complexity index is 739. The molecule has 0 aliphatic carbocycles. The fraction of sp³-hybridized carbons (Fsp3) is 0.412. The Morgan fingerprint density at radius 1 is 1.41 bits per heavy atom. The Morgan fingerprint density at radius 2 is 2.36 bits per heavy atom. The molecular formula is C17H21N5. The second kappa shape index (κ2) is 5.57. The van der Waals surface area contributed by atoms with Crippen molar-refractivity contribution >= 4 is 11.0 Å². The predicted octanol–water partition coefficient (Wildman–Crippen LogP) is 2.68. The largest absolute Gasteiger partial charge is 0.343 e. The Morgan fingerprint density at radius 3 is 3.18 bits per heavy atom. The Labute approximate surface area is 130 Å². The van der Waals surface area contributed by atoms with Gasteiger partial charge in [-0.2, -0.15) is 0 Å². The zero-order valence-electron chi connectivity index (χ0n) is 12.9. The van der Waals surface area contributed by atoms with Gasteiger partial charge in [0.25, 0.3) is 0 Å². The van der Waals surface area contributed by atoms with E-state index in [9.17, 15) is 0 Å². The van der Waals surface area contributed by atoms with Crippen LogP contribution in [-0.4, -0.2) is 37.5 Å². The van der Waals surface area contributed by atoms with Gasteiger partial charge in [-0.3, -0.25) is 4.90 Å². The molecule has 3 aromatic heterocycles. The first kappa shape index (κ1) is 13.5. The maximum atomic E-state index is 4.41. The second-order valence-corrected chi connectivity index (χ2v) is 6.24. The quantitative estimate of drug-likeness (QED) is 0.808. The fourth-order valence-corrected chi connectivity index (χ4v) is 3.42. The van der Waals surface area contributed by atoms with Gasteiger partial charge in [-0.1, -0.05) is 0 Å². The SMILES string of the molecule is Cn1cncc1CN1CCCC(c2cc3cccnc3[nH]2)C1. The third-order valence-electron chi connectivity index (χ3n) is 4.66. The number of likely N-dealkylation sites (tertiary alicyclic amines) is 1. The third-order valence-corrected chi connectivity index (χ3v) is 4.66. The van der Waals surface area contributed by atoms with Crippen LogP contribution in [0, 0.1) is 0 Å². The summed E-state index contributed by atoms with van der Waals surface area (Å²) in [7, 11) is 2.06. The Balaban J connectivity index is 1.51. The maximum absolute atomic E-state index is 4.41. The van der Waals surface area contributed by atoms with Crippen molar-refractivity contribution < 1.29 is 0 Å². The molecule has 5 nitrogen and oxygen atoms in total. The van der Waals surface area contributed by atoms with Crippen molar-refractivity contribution in [1.82, 2.24) is 24.4 Å². The van der Waals surface area contributed by atoms with Crippen LogP contribution >= 0.6 is 0 Å². The van der Waals surface area contributed by atoms with Crippen LogP contribution in [0.5, 0.6) is 0 Å². The van der Waals surface area contributed by atoms with E-state index in [1.807, 2.05) is 24.8 Å². The lowest BCUT2D eigenvalue weighted by molar-refractivity contribution is 0.195. The molecule has 3 aromatic rings. The highest BCUT2D eigenvalue weighted by Gasteiger charge is 2.23. The first-order valence-corrected chi connectivity index (χ1v) is 7.91. The predicted molar refractivity (Wildman–Crippen MR) is 86.6 cm³/mol. The van der Waals surface area contributed by atoms with E-state index < -0.39 is 0 Å². The molecule has 114 valence electrons. The summed E-state index contributed by atoms with van der Waals surface area (Å²) in [5.41, 5.74) is 3.60. The number of rotatable bonds is 3. The summed E-state index contributed by atoms with van der Waals surface area (Å²) in [6, 6.07) is 6.38. The molecule has 0 saturated carbocycles. The summed E-state index contributed by atoms with van der Waals surface area (Å²) in [5, 5.41) is 1.21. The average molecular weight is 295 g/mol. The summed E-state index contributed by atoms with van der Waals surface area (Å²) >= 11 is 0. The average Bonchev–Trinajstić information content (AvgIpc) is 3.14. The number of aromatic nitrogens is 4. The lowest BCUT2D eigenvalue weighted by Gasteiger charge is -2.32. The number of nitrogens with one attached hydrogen (secondary N) is 1. The lowest BCUT2D eigenvalue weighted by Crippen LogP contribution is -2.34. The molecule has 4 heterocycles. The molecule has 1 fully saturated rings. The van der Waals surface area contributed by atoms with Crippen molar-refractivity contribution in [1.29, 1.82) is 0 Å². The minimum Gasteiger partial charge on any atom is -0.343 e. The number of hydrogen-bond acceptors (Lipinski definition) is 3. The van der Waals surface area contributed by atoms with Gasteiger partial charge >= 0.3 is 0 Å². The van der Waals surface area contributed by atoms with Crippen LogP contribution in [0.3, 0.4) is 0 Å². The highest BCUT2D eigenvalue weighted by molar-refractivity contribution is 5.76. The summed E-state index contributed by atoms with van der Waals surface area (Å²) in [4.78, 5) is 14.7. The molecule has 5 heteroatoms. The number of pyridine rings is 1. The molecule has 0 radical (unpaired) electrons. The van der Waals surface area contributed by atoms with Crippen LogP contribution in [0.25, 0.3) is 11.0 Å². The summed E-state index contributed by atoms with van der Waals surface area (Å²) in [5.74, 6) is 0.566. The molecule has 4 rings (SSSR count). The number of aryl methyl sites for hydroxylation is 1. The molecule has 0 bridgehead atoms. The van der Waals surface area contributed by atoms with E-state index in [4.69, 9.17) is 0 Å². The van der Waals surface area contributed by atoms with Crippen molar-refractivity contribution in [2.45, 2.75) is 25.3 Å². The third kappa shape index (κ3) is 2.52. The number of piperidine rings is 1. The van der Waals surface area contributed by atoms with Crippen LogP contribution in [0.1, 0.15) is 30.1 Å². The molecule has 1 N–H and O–H groups in total. The van der Waals surface area contributed by atoms with Gasteiger partial charge in [-0.25, -0.2) is 9.97 Å². The zero-order chi connectivity index (χ0) is 14.9. The van der Waals surface area contributed by atoms with Gasteiger partial charge in [-0.05, 0) is 37.6 Å². The number of aromatic amines is 1. The number of nitrogens with zero attached hydrogens (tertiary/aromatic N) is 4. The summed E-state index contributed by atoms with van der Waals surface area (Å²) in [6.45, 7) is 3.24. The normalized spacial score (nSPS) is 19.8. The van der Waals surface area contributed by atoms with E-state index in [0.717, 1.165) is 18.7 Å². The summed E-state index contributed by atoms with van der Waals surface area (Å²) < 4.78 is 2.11. The van der Waals surface area contributed by atoms with Crippen molar-refractivity contribution in [2.24, 2.45) is 7.05 Å². The first-order valence-electron chi connectivity index (χ1n) is 7.91. The van der Waals surface area contributed by atoms with Crippen molar-refractivity contribution in [3.05, 3.63) is 48.3 Å². The Kier molecular flexibility index (Phi) is 3.42. The van der Waals surface area contributed by atoms with Gasteiger partial charge in [0.2, 0.25) is 0 Å². The molecule has 22 heavy (non-hydrogen) atoms. The minimum atomic E-state index is 0.566. The topological polar surface area (TPSA) is 49.7 Å². The Hall–Kier alpha value is -2.14. The number of hydrogen-bond donors (Lipinski definition) is 1. The highest BCUT2D eigenvalue weighted by Crippen LogP contribution is 2.29. The molecule has 1 unspecified atom stereocenters. The number of imidazole rings is 1. The second-order valence-electron chi connectivity index (χ2n) is 6.24. The molecule has 1 aliphatic heterocycles. The van der Waals surface area contributed by atoms with Gasteiger partial charge in [0.1, 0.15) is 5.65 Å². The van der Waals surface area contributed by atoms with Crippen molar-refractivity contribution in [3.8, 4) is 0 Å². The van der Waals surface area contributed by atoms with Crippen LogP contribution in [0.2, 0.25) is 0 Å². The molecule has 0 spiro atoms. The van der Waals surface area contributed by atoms with E-state index >= 15 is 0 Å². The maximum Gasteiger partial charge on any atom is 0.137 e. The van der Waals surface area contributed by atoms with Gasteiger partial charge in [0, 0.05) is 49.5 Å². The minimum absolute atomic E-state index is 0.566. The van der Waals surface area contributed by atoms with Gasteiger partial charge in [0.05, 0.1) is 12.0 Å². The fourth-order valence-electron chi connectivity index (χ4n) is 3.42. The van der Waals surface area contributed by atoms with Crippen LogP contribution in [0.15, 0.2) is 36.9 Å². The van der Waals surface area contributed by atoms with E-state index in [1.54, 1.807) is 0 Å². The van der Waals surface area contributed by atoms with E-state index in [-0.39, 0.29) is 0 Å². The van der Waals surface area contributed by atoms with E-state index in [0.29, 0.717) is 5.92 Å². The lowest BCUT2D eigenvalue weighted by atomic mass is 9.94. The number of H-pyrrole nitrogens is 1. The van der Waals surface area contributed by atoms with E-state index in [2.05, 4.69) is 43.6 Å². The highest BCUT2D eigenvalue weighted by atomic mass is 15.2. The summed E-state index contributed by atoms with van der Waals surface area (Å²) in [6.07, 6.45) is 8.18. The van der Waals surface area contributed by atoms with E-state index in [1.165, 1.54) is 36.2 Å². The molecule has 1 atom stereocenters. The smallest absolute Gasteiger partial charge is 0.137 e. The monoisotopic (exact) mass is 295 g/mol.